The zero-order valence-electron chi connectivity index (χ0n) is 9.75. The van der Waals surface area contributed by atoms with Gasteiger partial charge in [-0.15, -0.1) is 0 Å². The molecule has 0 amide bonds. The Balaban J connectivity index is 2.10. The molecule has 1 aliphatic heterocycles. The molecule has 1 heterocycles. The van der Waals surface area contributed by atoms with Gasteiger partial charge in [-0.2, -0.15) is 11.8 Å². The molecule has 1 N–H and O–H groups in total. The Kier molecular flexibility index (Phi) is 5.90. The molecular weight excluding hydrogens is 192 g/mol. The van der Waals surface area contributed by atoms with E-state index in [4.69, 9.17) is 0 Å². The second-order valence-electron chi connectivity index (χ2n) is 4.57. The molecule has 1 saturated heterocycles. The van der Waals surface area contributed by atoms with E-state index in [1.165, 1.54) is 38.2 Å². The van der Waals surface area contributed by atoms with Gasteiger partial charge in [0.25, 0.3) is 0 Å². The average molecular weight is 216 g/mol. The summed E-state index contributed by atoms with van der Waals surface area (Å²) in [5.41, 5.74) is 0. The fourth-order valence-electron chi connectivity index (χ4n) is 2.04. The number of nitrogens with zero attached hydrogens (tertiary/aromatic N) is 1. The van der Waals surface area contributed by atoms with Crippen LogP contribution in [0.2, 0.25) is 0 Å². The van der Waals surface area contributed by atoms with Crippen LogP contribution < -0.4 is 5.32 Å². The molecule has 1 rings (SSSR count). The standard InChI is InChI=1S/C11H24N2S/c1-10(9-14-3)7-12-11-5-4-6-13(2)8-11/h10-12H,4-9H2,1-3H3. The van der Waals surface area contributed by atoms with Gasteiger partial charge in [-0.25, -0.2) is 0 Å². The summed E-state index contributed by atoms with van der Waals surface area (Å²) in [5.74, 6) is 2.08. The van der Waals surface area contributed by atoms with Crippen molar-refractivity contribution in [3.05, 3.63) is 0 Å². The van der Waals surface area contributed by atoms with Crippen LogP contribution in [0.4, 0.5) is 0 Å². The predicted octanol–water partition coefficient (Wildman–Crippen LogP) is 1.67. The summed E-state index contributed by atoms with van der Waals surface area (Å²) < 4.78 is 0. The van der Waals surface area contributed by atoms with Crippen LogP contribution in [0, 0.1) is 5.92 Å². The molecule has 0 aromatic carbocycles. The highest BCUT2D eigenvalue weighted by Crippen LogP contribution is 2.09. The SMILES string of the molecule is CSCC(C)CNC1CCCN(C)C1. The fraction of sp³-hybridized carbons (Fsp3) is 1.00. The number of hydrogen-bond donors (Lipinski definition) is 1. The van der Waals surface area contributed by atoms with Gasteiger partial charge in [0.05, 0.1) is 0 Å². The summed E-state index contributed by atoms with van der Waals surface area (Å²) in [7, 11) is 2.22. The van der Waals surface area contributed by atoms with Crippen LogP contribution in [0.15, 0.2) is 0 Å². The Morgan fingerprint density at radius 3 is 3.00 bits per heavy atom. The maximum Gasteiger partial charge on any atom is 0.0195 e. The van der Waals surface area contributed by atoms with Crippen LogP contribution in [-0.4, -0.2) is 49.6 Å². The number of likely N-dealkylation sites (tertiary alicyclic amines) is 1. The lowest BCUT2D eigenvalue weighted by molar-refractivity contribution is 0.224. The van der Waals surface area contributed by atoms with Crippen LogP contribution in [-0.2, 0) is 0 Å². The lowest BCUT2D eigenvalue weighted by Gasteiger charge is -2.31. The summed E-state index contributed by atoms with van der Waals surface area (Å²) in [6, 6.07) is 0.734. The minimum Gasteiger partial charge on any atom is -0.312 e. The molecule has 0 saturated carbocycles. The van der Waals surface area contributed by atoms with E-state index in [1.807, 2.05) is 11.8 Å². The van der Waals surface area contributed by atoms with Gasteiger partial charge >= 0.3 is 0 Å². The van der Waals surface area contributed by atoms with Crippen LogP contribution in [0.5, 0.6) is 0 Å². The van der Waals surface area contributed by atoms with E-state index in [2.05, 4.69) is 30.4 Å². The van der Waals surface area contributed by atoms with E-state index < -0.39 is 0 Å². The molecule has 14 heavy (non-hydrogen) atoms. The molecule has 0 aromatic heterocycles. The molecule has 0 radical (unpaired) electrons. The van der Waals surface area contributed by atoms with Crippen molar-refractivity contribution in [1.82, 2.24) is 10.2 Å². The lowest BCUT2D eigenvalue weighted by atomic mass is 10.1. The molecule has 1 aliphatic rings. The molecular formula is C11H24N2S. The number of rotatable bonds is 5. The Morgan fingerprint density at radius 1 is 1.57 bits per heavy atom. The van der Waals surface area contributed by atoms with Gasteiger partial charge in [-0.3, -0.25) is 0 Å². The summed E-state index contributed by atoms with van der Waals surface area (Å²) in [6.07, 6.45) is 4.90. The van der Waals surface area contributed by atoms with Crippen LogP contribution in [0.1, 0.15) is 19.8 Å². The maximum atomic E-state index is 3.68. The highest BCUT2D eigenvalue weighted by molar-refractivity contribution is 7.98. The van der Waals surface area contributed by atoms with Gasteiger partial charge in [-0.1, -0.05) is 6.92 Å². The first-order chi connectivity index (χ1) is 6.72. The molecule has 0 aromatic rings. The van der Waals surface area contributed by atoms with E-state index in [9.17, 15) is 0 Å². The fourth-order valence-corrected chi connectivity index (χ4v) is 2.73. The monoisotopic (exact) mass is 216 g/mol. The van der Waals surface area contributed by atoms with Crippen LogP contribution in [0.25, 0.3) is 0 Å². The third-order valence-electron chi connectivity index (χ3n) is 2.83. The lowest BCUT2D eigenvalue weighted by Crippen LogP contribution is -2.45. The summed E-state index contributed by atoms with van der Waals surface area (Å²) in [6.45, 7) is 6.01. The highest BCUT2D eigenvalue weighted by Gasteiger charge is 2.16. The first-order valence-corrected chi connectivity index (χ1v) is 7.02. The van der Waals surface area contributed by atoms with Gasteiger partial charge in [0.15, 0.2) is 0 Å². The molecule has 2 nitrogen and oxygen atoms in total. The second-order valence-corrected chi connectivity index (χ2v) is 5.48. The first-order valence-electron chi connectivity index (χ1n) is 5.63. The number of likely N-dealkylation sites (N-methyl/N-ethyl adjacent to an activating group) is 1. The number of thioether (sulfide) groups is 1. The van der Waals surface area contributed by atoms with Crippen molar-refractivity contribution in [3.8, 4) is 0 Å². The van der Waals surface area contributed by atoms with E-state index in [0.29, 0.717) is 0 Å². The van der Waals surface area contributed by atoms with E-state index in [1.54, 1.807) is 0 Å². The number of hydrogen-bond acceptors (Lipinski definition) is 3. The number of piperidine rings is 1. The van der Waals surface area contributed by atoms with Crippen molar-refractivity contribution in [2.75, 3.05) is 38.7 Å². The zero-order chi connectivity index (χ0) is 10.4. The summed E-state index contributed by atoms with van der Waals surface area (Å²) >= 11 is 1.95. The number of nitrogens with one attached hydrogen (secondary N) is 1. The Bertz CT molecular complexity index is 152. The van der Waals surface area contributed by atoms with Gasteiger partial charge < -0.3 is 10.2 Å². The summed E-state index contributed by atoms with van der Waals surface area (Å²) in [5, 5.41) is 3.68. The Labute approximate surface area is 92.8 Å². The van der Waals surface area contributed by atoms with Crippen LogP contribution >= 0.6 is 11.8 Å². The van der Waals surface area contributed by atoms with Crippen molar-refractivity contribution in [2.24, 2.45) is 5.92 Å². The largest absolute Gasteiger partial charge is 0.312 e. The highest BCUT2D eigenvalue weighted by atomic mass is 32.2. The molecule has 2 unspecified atom stereocenters. The van der Waals surface area contributed by atoms with Crippen LogP contribution in [0.3, 0.4) is 0 Å². The van der Waals surface area contributed by atoms with Crippen molar-refractivity contribution < 1.29 is 0 Å². The normalized spacial score (nSPS) is 26.4. The van der Waals surface area contributed by atoms with E-state index in [-0.39, 0.29) is 0 Å². The molecule has 84 valence electrons. The summed E-state index contributed by atoms with van der Waals surface area (Å²) in [4.78, 5) is 2.43. The van der Waals surface area contributed by atoms with Gasteiger partial charge in [0.1, 0.15) is 0 Å². The molecule has 1 fully saturated rings. The first kappa shape index (κ1) is 12.3. The van der Waals surface area contributed by atoms with Gasteiger partial charge in [0.2, 0.25) is 0 Å². The van der Waals surface area contributed by atoms with Crippen molar-refractivity contribution >= 4 is 11.8 Å². The third kappa shape index (κ3) is 4.67. The minimum atomic E-state index is 0.734. The Hall–Kier alpha value is 0.270. The minimum absolute atomic E-state index is 0.734. The van der Waals surface area contributed by atoms with E-state index in [0.717, 1.165) is 12.0 Å². The molecule has 0 spiro atoms. The molecule has 0 bridgehead atoms. The molecule has 3 heteroatoms. The smallest absolute Gasteiger partial charge is 0.0195 e. The topological polar surface area (TPSA) is 15.3 Å². The Morgan fingerprint density at radius 2 is 2.36 bits per heavy atom. The van der Waals surface area contributed by atoms with Crippen molar-refractivity contribution in [1.29, 1.82) is 0 Å². The molecule has 0 aliphatic carbocycles. The van der Waals surface area contributed by atoms with Crippen molar-refractivity contribution in [3.63, 3.8) is 0 Å². The van der Waals surface area contributed by atoms with E-state index >= 15 is 0 Å². The predicted molar refractivity (Wildman–Crippen MR) is 66.1 cm³/mol. The van der Waals surface area contributed by atoms with Crippen molar-refractivity contribution in [2.45, 2.75) is 25.8 Å². The second kappa shape index (κ2) is 6.70. The third-order valence-corrected chi connectivity index (χ3v) is 3.73. The van der Waals surface area contributed by atoms with Gasteiger partial charge in [-0.05, 0) is 50.9 Å². The van der Waals surface area contributed by atoms with Gasteiger partial charge in [0, 0.05) is 12.6 Å². The maximum absolute atomic E-state index is 3.68. The average Bonchev–Trinajstić information content (AvgIpc) is 2.15. The quantitative estimate of drug-likeness (QED) is 0.752. The molecule has 2 atom stereocenters. The zero-order valence-corrected chi connectivity index (χ0v) is 10.6.